The molecule has 0 bridgehead atoms. The number of halogens is 1. The van der Waals surface area contributed by atoms with Gasteiger partial charge in [0, 0.05) is 30.3 Å². The van der Waals surface area contributed by atoms with E-state index in [9.17, 15) is 9.90 Å². The molecule has 1 aliphatic carbocycles. The number of ether oxygens (including phenoxy) is 2. The maximum atomic E-state index is 15.2. The molecule has 4 rings (SSSR count). The third-order valence-electron chi connectivity index (χ3n) is 8.17. The van der Waals surface area contributed by atoms with Crippen LogP contribution >= 0.6 is 8.58 Å². The average molecular weight is 609 g/mol. The minimum atomic E-state index is -0.450. The number of benzene rings is 2. The highest BCUT2D eigenvalue weighted by Gasteiger charge is 2.32. The van der Waals surface area contributed by atoms with Crippen LogP contribution in [0.25, 0.3) is 11.1 Å². The van der Waals surface area contributed by atoms with E-state index in [2.05, 4.69) is 43.6 Å². The van der Waals surface area contributed by atoms with Crippen molar-refractivity contribution < 1.29 is 23.8 Å². The number of carbonyl (C=O) groups excluding carboxylic acids is 1. The maximum absolute atomic E-state index is 15.2. The number of hydrogen-bond acceptors (Lipinski definition) is 6. The van der Waals surface area contributed by atoms with Crippen molar-refractivity contribution in [2.45, 2.75) is 85.0 Å². The summed E-state index contributed by atoms with van der Waals surface area (Å²) in [4.78, 5) is 20.0. The SMILES string of the molecule is COc1cc(-c2cc(C)c(C(=O)Oc3cccc([C@H](CPCC(C)O)C4CC4)c3)cc2CN(C(C)C)C(C)C)c(F)cn1. The lowest BCUT2D eigenvalue weighted by molar-refractivity contribution is 0.0733. The number of esters is 1. The highest BCUT2D eigenvalue weighted by Crippen LogP contribution is 2.45. The topological polar surface area (TPSA) is 71.9 Å². The fourth-order valence-corrected chi connectivity index (χ4v) is 7.19. The highest BCUT2D eigenvalue weighted by molar-refractivity contribution is 7.38. The molecule has 0 radical (unpaired) electrons. The van der Waals surface area contributed by atoms with Crippen LogP contribution in [0.5, 0.6) is 11.6 Å². The monoisotopic (exact) mass is 608 g/mol. The molecule has 3 atom stereocenters. The summed E-state index contributed by atoms with van der Waals surface area (Å²) in [5.74, 6) is 1.02. The van der Waals surface area contributed by atoms with Gasteiger partial charge in [-0.3, -0.25) is 4.90 Å². The van der Waals surface area contributed by atoms with Gasteiger partial charge in [-0.25, -0.2) is 14.2 Å². The number of methoxy groups -OCH3 is 1. The molecule has 0 saturated heterocycles. The second-order valence-electron chi connectivity index (χ2n) is 12.3. The van der Waals surface area contributed by atoms with E-state index in [1.165, 1.54) is 31.7 Å². The van der Waals surface area contributed by atoms with Crippen LogP contribution in [0.1, 0.15) is 80.4 Å². The summed E-state index contributed by atoms with van der Waals surface area (Å²) in [7, 11) is 2.20. The number of pyridine rings is 1. The summed E-state index contributed by atoms with van der Waals surface area (Å²) >= 11 is 0. The normalized spacial score (nSPS) is 15.1. The van der Waals surface area contributed by atoms with Gasteiger partial charge in [0.2, 0.25) is 5.88 Å². The number of rotatable bonds is 14. The molecule has 1 heterocycles. The number of hydrogen-bond donors (Lipinski definition) is 1. The molecule has 1 saturated carbocycles. The number of nitrogens with zero attached hydrogens (tertiary/aromatic N) is 2. The Morgan fingerprint density at radius 2 is 1.79 bits per heavy atom. The van der Waals surface area contributed by atoms with Crippen molar-refractivity contribution in [2.75, 3.05) is 19.4 Å². The largest absolute Gasteiger partial charge is 0.481 e. The third-order valence-corrected chi connectivity index (χ3v) is 9.78. The van der Waals surface area contributed by atoms with Gasteiger partial charge in [-0.15, -0.1) is 8.58 Å². The summed E-state index contributed by atoms with van der Waals surface area (Å²) in [5.41, 5.74) is 4.25. The molecule has 1 aliphatic rings. The Labute approximate surface area is 257 Å². The Hall–Kier alpha value is -2.86. The molecular formula is C35H46FN2O4P. The van der Waals surface area contributed by atoms with E-state index in [0.717, 1.165) is 17.9 Å². The zero-order valence-electron chi connectivity index (χ0n) is 26.5. The van der Waals surface area contributed by atoms with Crippen LogP contribution in [0.15, 0.2) is 48.7 Å². The fraction of sp³-hybridized carbons (Fsp3) is 0.486. The Morgan fingerprint density at radius 3 is 2.42 bits per heavy atom. The Balaban J connectivity index is 1.66. The van der Waals surface area contributed by atoms with Gasteiger partial charge in [-0.2, -0.15) is 0 Å². The van der Waals surface area contributed by atoms with Crippen LogP contribution in [0, 0.1) is 18.7 Å². The van der Waals surface area contributed by atoms with Crippen molar-refractivity contribution in [1.29, 1.82) is 0 Å². The minimum absolute atomic E-state index is 0.240. The molecule has 43 heavy (non-hydrogen) atoms. The summed E-state index contributed by atoms with van der Waals surface area (Å²) in [5, 5.41) is 9.72. The first-order valence-electron chi connectivity index (χ1n) is 15.3. The Morgan fingerprint density at radius 1 is 1.07 bits per heavy atom. The molecule has 1 N–H and O–H groups in total. The van der Waals surface area contributed by atoms with Crippen LogP contribution in [0.3, 0.4) is 0 Å². The standard InChI is InChI=1S/C35H46FN2O4P/c1-21(2)38(22(3)4)18-27-15-29(23(5)13-30(27)31-16-34(41-7)37-17-33(31)36)35(40)42-28-10-8-9-26(14-28)32(25-11-12-25)20-43-19-24(6)39/h8-10,13-17,21-22,24-25,32,39,43H,11-12,18-20H2,1-7H3/t24?,32-/m1/s1. The van der Waals surface area contributed by atoms with Gasteiger partial charge in [-0.05, 0) is 119 Å². The summed E-state index contributed by atoms with van der Waals surface area (Å²) in [6.45, 7) is 12.7. The molecule has 8 heteroatoms. The molecule has 1 aromatic heterocycles. The maximum Gasteiger partial charge on any atom is 0.343 e. The third kappa shape index (κ3) is 8.62. The molecule has 2 aromatic carbocycles. The first kappa shape index (κ1) is 33.0. The second kappa shape index (κ2) is 14.7. The summed E-state index contributed by atoms with van der Waals surface area (Å²) in [6, 6.07) is 13.7. The first-order chi connectivity index (χ1) is 20.5. The van der Waals surface area contributed by atoms with Gasteiger partial charge < -0.3 is 14.6 Å². The van der Waals surface area contributed by atoms with E-state index >= 15 is 4.39 Å². The zero-order chi connectivity index (χ0) is 31.3. The van der Waals surface area contributed by atoms with E-state index in [4.69, 9.17) is 9.47 Å². The summed E-state index contributed by atoms with van der Waals surface area (Å²) < 4.78 is 26.4. The zero-order valence-corrected chi connectivity index (χ0v) is 27.5. The van der Waals surface area contributed by atoms with Gasteiger partial charge >= 0.3 is 5.97 Å². The summed E-state index contributed by atoms with van der Waals surface area (Å²) in [6.07, 6.45) is 5.18. The van der Waals surface area contributed by atoms with Gasteiger partial charge in [0.25, 0.3) is 0 Å². The van der Waals surface area contributed by atoms with Crippen molar-refractivity contribution in [3.8, 4) is 22.8 Å². The predicted molar refractivity (Wildman–Crippen MR) is 173 cm³/mol. The molecule has 6 nitrogen and oxygen atoms in total. The minimum Gasteiger partial charge on any atom is -0.481 e. The average Bonchev–Trinajstić information content (AvgIpc) is 3.79. The van der Waals surface area contributed by atoms with Crippen LogP contribution in [-0.4, -0.2) is 58.6 Å². The second-order valence-corrected chi connectivity index (χ2v) is 13.6. The Bertz CT molecular complexity index is 1400. The van der Waals surface area contributed by atoms with Crippen molar-refractivity contribution in [3.05, 3.63) is 76.7 Å². The molecule has 3 aromatic rings. The van der Waals surface area contributed by atoms with Crippen LogP contribution < -0.4 is 9.47 Å². The Kier molecular flexibility index (Phi) is 11.3. The van der Waals surface area contributed by atoms with Crippen molar-refractivity contribution in [3.63, 3.8) is 0 Å². The first-order valence-corrected chi connectivity index (χ1v) is 16.7. The number of carbonyl (C=O) groups is 1. The van der Waals surface area contributed by atoms with Gasteiger partial charge in [0.15, 0.2) is 0 Å². The molecule has 0 aliphatic heterocycles. The van der Waals surface area contributed by atoms with Gasteiger partial charge in [-0.1, -0.05) is 18.2 Å². The molecule has 1 fully saturated rings. The van der Waals surface area contributed by atoms with Gasteiger partial charge in [0.1, 0.15) is 11.6 Å². The van der Waals surface area contributed by atoms with E-state index in [1.807, 2.05) is 44.2 Å². The molecule has 2 unspecified atom stereocenters. The van der Waals surface area contributed by atoms with Crippen LogP contribution in [-0.2, 0) is 6.54 Å². The number of aliphatic hydroxyl groups excluding tert-OH is 1. The molecule has 232 valence electrons. The van der Waals surface area contributed by atoms with Crippen LogP contribution in [0.4, 0.5) is 4.39 Å². The lowest BCUT2D eigenvalue weighted by atomic mass is 9.93. The van der Waals surface area contributed by atoms with Crippen LogP contribution in [0.2, 0.25) is 0 Å². The van der Waals surface area contributed by atoms with Crippen molar-refractivity contribution >= 4 is 14.6 Å². The van der Waals surface area contributed by atoms with E-state index < -0.39 is 11.8 Å². The van der Waals surface area contributed by atoms with E-state index in [-0.39, 0.29) is 18.2 Å². The molecular weight excluding hydrogens is 562 g/mol. The van der Waals surface area contributed by atoms with Gasteiger partial charge in [0.05, 0.1) is 25.0 Å². The molecule has 0 spiro atoms. The van der Waals surface area contributed by atoms with E-state index in [0.29, 0.717) is 60.8 Å². The van der Waals surface area contributed by atoms with Crippen molar-refractivity contribution in [1.82, 2.24) is 9.88 Å². The number of aryl methyl sites for hydroxylation is 1. The highest BCUT2D eigenvalue weighted by atomic mass is 31.1. The molecule has 0 amide bonds. The predicted octanol–water partition coefficient (Wildman–Crippen LogP) is 7.60. The number of aromatic nitrogens is 1. The van der Waals surface area contributed by atoms with Crippen molar-refractivity contribution in [2.24, 2.45) is 5.92 Å². The quantitative estimate of drug-likeness (QED) is 0.116. The lowest BCUT2D eigenvalue weighted by Crippen LogP contribution is -2.36. The smallest absolute Gasteiger partial charge is 0.343 e. The van der Waals surface area contributed by atoms with E-state index in [1.54, 1.807) is 6.07 Å². The number of aliphatic hydroxyl groups is 1. The lowest BCUT2D eigenvalue weighted by Gasteiger charge is -2.31. The fourth-order valence-electron chi connectivity index (χ4n) is 5.72.